The van der Waals surface area contributed by atoms with Crippen LogP contribution in [0.2, 0.25) is 0 Å². The second-order valence-electron chi connectivity index (χ2n) is 3.68. The first-order valence-electron chi connectivity index (χ1n) is 4.97. The highest BCUT2D eigenvalue weighted by atomic mass is 79.9. The molecule has 1 heterocycles. The van der Waals surface area contributed by atoms with Crippen LogP contribution in [0.15, 0.2) is 10.7 Å². The van der Waals surface area contributed by atoms with Crippen LogP contribution in [0.25, 0.3) is 0 Å². The quantitative estimate of drug-likeness (QED) is 0.901. The van der Waals surface area contributed by atoms with Crippen LogP contribution in [-0.2, 0) is 6.54 Å². The molecule has 1 aliphatic rings. The van der Waals surface area contributed by atoms with Gasteiger partial charge in [-0.1, -0.05) is 6.42 Å². The fraction of sp³-hybridized carbons (Fsp3) is 0.600. The summed E-state index contributed by atoms with van der Waals surface area (Å²) in [7, 11) is 1.93. The molecule has 0 atom stereocenters. The number of nitrogens with zero attached hydrogens (tertiary/aromatic N) is 2. The first-order chi connectivity index (χ1) is 6.81. The lowest BCUT2D eigenvalue weighted by Gasteiger charge is -2.24. The van der Waals surface area contributed by atoms with Crippen molar-refractivity contribution in [1.82, 2.24) is 15.3 Å². The Balaban J connectivity index is 2.21. The van der Waals surface area contributed by atoms with Gasteiger partial charge in [-0.05, 0) is 35.8 Å². The number of aromatic nitrogens is 2. The highest BCUT2D eigenvalue weighted by molar-refractivity contribution is 9.10. The summed E-state index contributed by atoms with van der Waals surface area (Å²) < 4.78 is 0.995. The fourth-order valence-electron chi connectivity index (χ4n) is 1.57. The monoisotopic (exact) mass is 255 g/mol. The highest BCUT2D eigenvalue weighted by Gasteiger charge is 2.22. The lowest BCUT2D eigenvalue weighted by molar-refractivity contribution is 0.399. The van der Waals surface area contributed by atoms with Gasteiger partial charge in [0.05, 0.1) is 10.2 Å². The minimum atomic E-state index is 0.610. The third-order valence-corrected chi connectivity index (χ3v) is 3.31. The van der Waals surface area contributed by atoms with E-state index < -0.39 is 0 Å². The zero-order valence-corrected chi connectivity index (χ0v) is 9.84. The molecular weight excluding hydrogens is 242 g/mol. The van der Waals surface area contributed by atoms with Gasteiger partial charge >= 0.3 is 0 Å². The van der Waals surface area contributed by atoms with Gasteiger partial charge in [-0.2, -0.15) is 0 Å². The molecule has 1 fully saturated rings. The standard InChI is InChI=1S/C10H14BrN3/c1-12-6-9-8(11)5-13-10(14-9)7-3-2-4-7/h5,7,12H,2-4,6H2,1H3. The van der Waals surface area contributed by atoms with E-state index in [1.165, 1.54) is 19.3 Å². The predicted molar refractivity (Wildman–Crippen MR) is 59.1 cm³/mol. The molecule has 1 N–H and O–H groups in total. The smallest absolute Gasteiger partial charge is 0.131 e. The molecule has 0 amide bonds. The first-order valence-corrected chi connectivity index (χ1v) is 5.76. The number of rotatable bonds is 3. The zero-order chi connectivity index (χ0) is 9.97. The van der Waals surface area contributed by atoms with Crippen LogP contribution in [0.4, 0.5) is 0 Å². The van der Waals surface area contributed by atoms with Crippen LogP contribution in [0.3, 0.4) is 0 Å². The summed E-state index contributed by atoms with van der Waals surface area (Å²) in [5.74, 6) is 1.63. The summed E-state index contributed by atoms with van der Waals surface area (Å²) in [4.78, 5) is 8.92. The van der Waals surface area contributed by atoms with Crippen molar-refractivity contribution in [2.45, 2.75) is 31.7 Å². The maximum atomic E-state index is 4.56. The number of hydrogen-bond donors (Lipinski definition) is 1. The van der Waals surface area contributed by atoms with Gasteiger partial charge in [0.25, 0.3) is 0 Å². The number of halogens is 1. The van der Waals surface area contributed by atoms with Crippen molar-refractivity contribution in [3.63, 3.8) is 0 Å². The molecule has 2 rings (SSSR count). The second-order valence-corrected chi connectivity index (χ2v) is 4.54. The summed E-state index contributed by atoms with van der Waals surface area (Å²) >= 11 is 3.46. The van der Waals surface area contributed by atoms with Crippen LogP contribution in [0.1, 0.15) is 36.7 Å². The predicted octanol–water partition coefficient (Wildman–Crippen LogP) is 2.23. The Kier molecular flexibility index (Phi) is 3.13. The topological polar surface area (TPSA) is 37.8 Å². The van der Waals surface area contributed by atoms with Crippen molar-refractivity contribution >= 4 is 15.9 Å². The maximum absolute atomic E-state index is 4.56. The molecule has 0 aromatic carbocycles. The molecular formula is C10H14BrN3. The number of hydrogen-bond acceptors (Lipinski definition) is 3. The average Bonchev–Trinajstić information content (AvgIpc) is 2.08. The van der Waals surface area contributed by atoms with E-state index >= 15 is 0 Å². The largest absolute Gasteiger partial charge is 0.314 e. The SMILES string of the molecule is CNCc1nc(C2CCC2)ncc1Br. The Bertz CT molecular complexity index is 323. The molecule has 14 heavy (non-hydrogen) atoms. The summed E-state index contributed by atoms with van der Waals surface area (Å²) in [6.45, 7) is 0.794. The molecule has 0 bridgehead atoms. The van der Waals surface area contributed by atoms with Gasteiger partial charge in [0.15, 0.2) is 0 Å². The number of nitrogens with one attached hydrogen (secondary N) is 1. The first kappa shape index (κ1) is 10.1. The zero-order valence-electron chi connectivity index (χ0n) is 8.26. The van der Waals surface area contributed by atoms with Crippen molar-refractivity contribution in [3.05, 3.63) is 22.2 Å². The summed E-state index contributed by atoms with van der Waals surface area (Å²) in [5, 5.41) is 3.11. The molecule has 1 aromatic heterocycles. The third kappa shape index (κ3) is 1.96. The molecule has 1 aromatic rings. The minimum Gasteiger partial charge on any atom is -0.314 e. The molecule has 4 heteroatoms. The van der Waals surface area contributed by atoms with Gasteiger partial charge in [0.2, 0.25) is 0 Å². The van der Waals surface area contributed by atoms with Gasteiger partial charge in [0, 0.05) is 18.7 Å². The summed E-state index contributed by atoms with van der Waals surface area (Å²) in [6.07, 6.45) is 5.69. The van der Waals surface area contributed by atoms with Crippen LogP contribution in [0, 0.1) is 0 Å². The Morgan fingerprint density at radius 2 is 2.36 bits per heavy atom. The van der Waals surface area contributed by atoms with Gasteiger partial charge in [-0.25, -0.2) is 9.97 Å². The van der Waals surface area contributed by atoms with Crippen LogP contribution >= 0.6 is 15.9 Å². The maximum Gasteiger partial charge on any atom is 0.131 e. The highest BCUT2D eigenvalue weighted by Crippen LogP contribution is 2.34. The molecule has 76 valence electrons. The Morgan fingerprint density at radius 1 is 1.57 bits per heavy atom. The lowest BCUT2D eigenvalue weighted by atomic mass is 9.85. The lowest BCUT2D eigenvalue weighted by Crippen LogP contribution is -2.15. The van der Waals surface area contributed by atoms with Crippen molar-refractivity contribution in [1.29, 1.82) is 0 Å². The van der Waals surface area contributed by atoms with E-state index in [9.17, 15) is 0 Å². The molecule has 1 aliphatic carbocycles. The van der Waals surface area contributed by atoms with E-state index in [0.29, 0.717) is 5.92 Å². The molecule has 3 nitrogen and oxygen atoms in total. The molecule has 0 radical (unpaired) electrons. The van der Waals surface area contributed by atoms with E-state index in [1.54, 1.807) is 0 Å². The van der Waals surface area contributed by atoms with E-state index in [-0.39, 0.29) is 0 Å². The van der Waals surface area contributed by atoms with Gasteiger partial charge in [-0.3, -0.25) is 0 Å². The molecule has 0 saturated heterocycles. The Labute approximate surface area is 92.5 Å². The van der Waals surface area contributed by atoms with E-state index in [2.05, 4.69) is 31.2 Å². The van der Waals surface area contributed by atoms with Crippen molar-refractivity contribution in [3.8, 4) is 0 Å². The molecule has 0 unspecified atom stereocenters. The normalized spacial score (nSPS) is 16.7. The third-order valence-electron chi connectivity index (χ3n) is 2.65. The van der Waals surface area contributed by atoms with Crippen LogP contribution in [-0.4, -0.2) is 17.0 Å². The van der Waals surface area contributed by atoms with Gasteiger partial charge < -0.3 is 5.32 Å². The molecule has 0 spiro atoms. The van der Waals surface area contributed by atoms with Crippen molar-refractivity contribution in [2.24, 2.45) is 0 Å². The van der Waals surface area contributed by atoms with Crippen molar-refractivity contribution in [2.75, 3.05) is 7.05 Å². The summed E-state index contributed by atoms with van der Waals surface area (Å²) in [5.41, 5.74) is 1.06. The fourth-order valence-corrected chi connectivity index (χ4v) is 1.90. The Morgan fingerprint density at radius 3 is 2.93 bits per heavy atom. The van der Waals surface area contributed by atoms with Crippen LogP contribution in [0.5, 0.6) is 0 Å². The minimum absolute atomic E-state index is 0.610. The van der Waals surface area contributed by atoms with Crippen LogP contribution < -0.4 is 5.32 Å². The second kappa shape index (κ2) is 4.36. The van der Waals surface area contributed by atoms with E-state index in [4.69, 9.17) is 0 Å². The van der Waals surface area contributed by atoms with E-state index in [0.717, 1.165) is 22.5 Å². The summed E-state index contributed by atoms with van der Waals surface area (Å²) in [6, 6.07) is 0. The van der Waals surface area contributed by atoms with Gasteiger partial charge in [-0.15, -0.1) is 0 Å². The van der Waals surface area contributed by atoms with E-state index in [1.807, 2.05) is 13.2 Å². The average molecular weight is 256 g/mol. The Hall–Kier alpha value is -0.480. The molecule has 1 saturated carbocycles. The van der Waals surface area contributed by atoms with Crippen molar-refractivity contribution < 1.29 is 0 Å². The van der Waals surface area contributed by atoms with Gasteiger partial charge in [0.1, 0.15) is 5.82 Å². The molecule has 0 aliphatic heterocycles.